The molecule has 0 aromatic heterocycles. The van der Waals surface area contributed by atoms with Gasteiger partial charge in [0.15, 0.2) is 0 Å². The van der Waals surface area contributed by atoms with Gasteiger partial charge in [-0.15, -0.1) is 0 Å². The van der Waals surface area contributed by atoms with Gasteiger partial charge >= 0.3 is 0 Å². The van der Waals surface area contributed by atoms with Gasteiger partial charge in [-0.05, 0) is 62.7 Å². The fourth-order valence-corrected chi connectivity index (χ4v) is 5.75. The van der Waals surface area contributed by atoms with Crippen LogP contribution < -0.4 is 14.8 Å². The molecule has 0 unspecified atom stereocenters. The topological polar surface area (TPSA) is 91.3 Å². The summed E-state index contributed by atoms with van der Waals surface area (Å²) in [6.45, 7) is 5.75. The van der Waals surface area contributed by atoms with Gasteiger partial charge in [0.1, 0.15) is 17.6 Å². The second-order valence-electron chi connectivity index (χ2n) is 11.6. The summed E-state index contributed by atoms with van der Waals surface area (Å²) in [6, 6.07) is 13.4. The Morgan fingerprint density at radius 3 is 2.58 bits per heavy atom. The largest absolute Gasteiger partial charge is 0.497 e. The first-order valence-electron chi connectivity index (χ1n) is 14.6. The maximum absolute atomic E-state index is 13.5. The monoisotopic (exact) mass is 551 g/mol. The second kappa shape index (κ2) is 14.0. The Labute approximate surface area is 238 Å². The molecule has 1 fully saturated rings. The normalized spacial score (nSPS) is 21.1. The molecule has 1 aliphatic carbocycles. The number of benzene rings is 2. The van der Waals surface area contributed by atoms with Crippen molar-refractivity contribution in [2.75, 3.05) is 39.2 Å². The number of carbonyl (C=O) groups is 2. The summed E-state index contributed by atoms with van der Waals surface area (Å²) in [5, 5.41) is 13.0. The van der Waals surface area contributed by atoms with Crippen LogP contribution in [0.2, 0.25) is 0 Å². The third-order valence-corrected chi connectivity index (χ3v) is 8.26. The molecule has 3 atom stereocenters. The van der Waals surface area contributed by atoms with Crippen molar-refractivity contribution in [1.29, 1.82) is 0 Å². The summed E-state index contributed by atoms with van der Waals surface area (Å²) >= 11 is 0. The van der Waals surface area contributed by atoms with Gasteiger partial charge in [0.05, 0.1) is 26.2 Å². The van der Waals surface area contributed by atoms with E-state index < -0.39 is 0 Å². The Morgan fingerprint density at radius 1 is 1.18 bits per heavy atom. The molecule has 0 bridgehead atoms. The number of methoxy groups -OCH3 is 1. The first-order valence-corrected chi connectivity index (χ1v) is 14.6. The molecule has 0 spiro atoms. The Bertz CT molecular complexity index is 1130. The predicted molar refractivity (Wildman–Crippen MR) is 157 cm³/mol. The average molecular weight is 552 g/mol. The number of nitrogens with zero attached hydrogens (tertiary/aromatic N) is 2. The molecule has 8 heteroatoms. The number of likely N-dealkylation sites (N-methyl/N-ethyl adjacent to an activating group) is 1. The van der Waals surface area contributed by atoms with Gasteiger partial charge in [-0.2, -0.15) is 0 Å². The number of hydrogen-bond donors (Lipinski definition) is 2. The zero-order valence-electron chi connectivity index (χ0n) is 24.4. The molecule has 0 radical (unpaired) electrons. The molecular weight excluding hydrogens is 506 g/mol. The minimum absolute atomic E-state index is 0.0212. The third kappa shape index (κ3) is 7.76. The van der Waals surface area contributed by atoms with Crippen LogP contribution >= 0.6 is 0 Å². The maximum atomic E-state index is 13.5. The molecule has 0 saturated heterocycles. The average Bonchev–Trinajstić information content (AvgIpc) is 3.01. The van der Waals surface area contributed by atoms with Crippen LogP contribution in [-0.2, 0) is 22.6 Å². The third-order valence-electron chi connectivity index (χ3n) is 8.26. The lowest BCUT2D eigenvalue weighted by Crippen LogP contribution is -2.47. The molecule has 2 aromatic rings. The van der Waals surface area contributed by atoms with Crippen molar-refractivity contribution in [3.8, 4) is 11.5 Å². The highest BCUT2D eigenvalue weighted by Crippen LogP contribution is 2.31. The molecular formula is C32H45N3O5. The number of anilines is 1. The highest BCUT2D eigenvalue weighted by Gasteiger charge is 2.31. The second-order valence-corrected chi connectivity index (χ2v) is 11.6. The van der Waals surface area contributed by atoms with Crippen molar-refractivity contribution in [3.05, 3.63) is 53.6 Å². The number of ether oxygens (including phenoxy) is 2. The van der Waals surface area contributed by atoms with Crippen molar-refractivity contribution in [3.63, 3.8) is 0 Å². The highest BCUT2D eigenvalue weighted by atomic mass is 16.5. The van der Waals surface area contributed by atoms with E-state index in [4.69, 9.17) is 9.47 Å². The van der Waals surface area contributed by atoms with Crippen molar-refractivity contribution in [1.82, 2.24) is 9.80 Å². The van der Waals surface area contributed by atoms with Gasteiger partial charge in [0.2, 0.25) is 11.8 Å². The van der Waals surface area contributed by atoms with Crippen molar-refractivity contribution >= 4 is 17.5 Å². The standard InChI is InChI=1S/C32H45N3O5/c1-22-18-35(23(2)21-36)31(37)17-26-16-27(33-32(38)25-8-6-5-7-9-25)12-15-29(26)40-30(22)20-34(3)19-24-10-13-28(39-4)14-11-24/h10-16,22-23,25,30,36H,5-9,17-21H2,1-4H3,(H,33,38)/t22-,23+,30+/m0/s1. The molecule has 1 heterocycles. The first-order chi connectivity index (χ1) is 19.3. The Balaban J connectivity index is 1.55. The molecule has 2 aromatic carbocycles. The lowest BCUT2D eigenvalue weighted by molar-refractivity contribution is -0.134. The van der Waals surface area contributed by atoms with E-state index in [0.29, 0.717) is 24.5 Å². The van der Waals surface area contributed by atoms with E-state index in [1.807, 2.05) is 37.3 Å². The minimum atomic E-state index is -0.302. The van der Waals surface area contributed by atoms with Gasteiger partial charge in [-0.25, -0.2) is 0 Å². The molecule has 218 valence electrons. The Morgan fingerprint density at radius 2 is 1.90 bits per heavy atom. The molecule has 40 heavy (non-hydrogen) atoms. The maximum Gasteiger partial charge on any atom is 0.227 e. The first kappa shape index (κ1) is 29.9. The van der Waals surface area contributed by atoms with Crippen molar-refractivity contribution in [2.24, 2.45) is 11.8 Å². The van der Waals surface area contributed by atoms with E-state index in [1.54, 1.807) is 12.0 Å². The molecule has 2 N–H and O–H groups in total. The van der Waals surface area contributed by atoms with E-state index >= 15 is 0 Å². The quantitative estimate of drug-likeness (QED) is 0.477. The van der Waals surface area contributed by atoms with Crippen LogP contribution in [0, 0.1) is 11.8 Å². The number of rotatable bonds is 9. The smallest absolute Gasteiger partial charge is 0.227 e. The number of aliphatic hydroxyl groups excluding tert-OH is 1. The van der Waals surface area contributed by atoms with Crippen LogP contribution in [0.25, 0.3) is 0 Å². The fourth-order valence-electron chi connectivity index (χ4n) is 5.75. The number of amides is 2. The van der Waals surface area contributed by atoms with Crippen molar-refractivity contribution in [2.45, 2.75) is 71.1 Å². The zero-order valence-corrected chi connectivity index (χ0v) is 24.4. The lowest BCUT2D eigenvalue weighted by Gasteiger charge is -2.34. The van der Waals surface area contributed by atoms with Crippen LogP contribution in [0.5, 0.6) is 11.5 Å². The van der Waals surface area contributed by atoms with Crippen LogP contribution in [0.4, 0.5) is 5.69 Å². The summed E-state index contributed by atoms with van der Waals surface area (Å²) in [6.07, 6.45) is 5.19. The van der Waals surface area contributed by atoms with E-state index in [1.165, 1.54) is 12.0 Å². The van der Waals surface area contributed by atoms with Crippen LogP contribution in [0.1, 0.15) is 57.1 Å². The number of hydrogen-bond acceptors (Lipinski definition) is 6. The predicted octanol–water partition coefficient (Wildman–Crippen LogP) is 4.50. The van der Waals surface area contributed by atoms with Crippen molar-refractivity contribution < 1.29 is 24.2 Å². The summed E-state index contributed by atoms with van der Waals surface area (Å²) in [5.41, 5.74) is 2.61. The Hall–Kier alpha value is -3.10. The number of fused-ring (bicyclic) bond motifs is 1. The van der Waals surface area contributed by atoms with Gasteiger partial charge in [-0.1, -0.05) is 38.3 Å². The molecule has 2 amide bonds. The molecule has 2 aliphatic rings. The molecule has 8 nitrogen and oxygen atoms in total. The van der Waals surface area contributed by atoms with Gasteiger partial charge in [0.25, 0.3) is 0 Å². The molecule has 4 rings (SSSR count). The summed E-state index contributed by atoms with van der Waals surface area (Å²) in [4.78, 5) is 30.4. The lowest BCUT2D eigenvalue weighted by atomic mass is 9.88. The number of nitrogens with one attached hydrogen (secondary N) is 1. The van der Waals surface area contributed by atoms with Gasteiger partial charge in [0, 0.05) is 42.7 Å². The Kier molecular flexibility index (Phi) is 10.5. The summed E-state index contributed by atoms with van der Waals surface area (Å²) in [7, 11) is 3.73. The van der Waals surface area contributed by atoms with Crippen LogP contribution in [-0.4, -0.2) is 72.7 Å². The number of aliphatic hydroxyl groups is 1. The van der Waals surface area contributed by atoms with E-state index in [9.17, 15) is 14.7 Å². The SMILES string of the molecule is COc1ccc(CN(C)C[C@H]2Oc3ccc(NC(=O)C4CCCCC4)cc3CC(=O)N([C@H](C)CO)C[C@@H]2C)cc1. The van der Waals surface area contributed by atoms with E-state index in [0.717, 1.165) is 43.5 Å². The van der Waals surface area contributed by atoms with E-state index in [2.05, 4.69) is 36.3 Å². The number of carbonyl (C=O) groups excluding carboxylic acids is 2. The van der Waals surface area contributed by atoms with Crippen LogP contribution in [0.15, 0.2) is 42.5 Å². The van der Waals surface area contributed by atoms with E-state index in [-0.39, 0.29) is 48.8 Å². The summed E-state index contributed by atoms with van der Waals surface area (Å²) < 4.78 is 11.9. The fraction of sp³-hybridized carbons (Fsp3) is 0.562. The highest BCUT2D eigenvalue weighted by molar-refractivity contribution is 5.93. The minimum Gasteiger partial charge on any atom is -0.497 e. The molecule has 1 saturated carbocycles. The molecule has 1 aliphatic heterocycles. The van der Waals surface area contributed by atoms with Crippen LogP contribution in [0.3, 0.4) is 0 Å². The van der Waals surface area contributed by atoms with Gasteiger partial charge < -0.3 is 24.8 Å². The summed E-state index contributed by atoms with van der Waals surface area (Å²) in [5.74, 6) is 1.56. The van der Waals surface area contributed by atoms with Gasteiger partial charge in [-0.3, -0.25) is 14.5 Å². The zero-order chi connectivity index (χ0) is 28.6.